The zero-order chi connectivity index (χ0) is 19.5. The lowest BCUT2D eigenvalue weighted by atomic mass is 10.1. The highest BCUT2D eigenvalue weighted by Gasteiger charge is 2.34. The minimum Gasteiger partial charge on any atom is -0.459 e. The van der Waals surface area contributed by atoms with Gasteiger partial charge in [0.2, 0.25) is 5.89 Å². The van der Waals surface area contributed by atoms with Crippen LogP contribution in [0.1, 0.15) is 39.3 Å². The van der Waals surface area contributed by atoms with E-state index in [4.69, 9.17) is 9.15 Å². The lowest BCUT2D eigenvalue weighted by Crippen LogP contribution is -2.31. The fraction of sp³-hybridized carbons (Fsp3) is 0.200. The third-order valence-corrected chi connectivity index (χ3v) is 5.16. The Kier molecular flexibility index (Phi) is 5.03. The summed E-state index contributed by atoms with van der Waals surface area (Å²) in [4.78, 5) is 42.8. The minimum absolute atomic E-state index is 0.0146. The molecule has 3 aromatic rings. The number of fused-ring (bicyclic) bond motifs is 1. The predicted octanol–water partition coefficient (Wildman–Crippen LogP) is 3.52. The van der Waals surface area contributed by atoms with E-state index in [1.54, 1.807) is 24.3 Å². The van der Waals surface area contributed by atoms with Crippen molar-refractivity contribution in [2.45, 2.75) is 19.4 Å². The van der Waals surface area contributed by atoms with Crippen LogP contribution < -0.4 is 0 Å². The second kappa shape index (κ2) is 7.77. The zero-order valence-corrected chi connectivity index (χ0v) is 15.6. The molecule has 0 N–H and O–H groups in total. The molecular formula is C20H16N2O5S. The number of benzene rings is 1. The first-order chi connectivity index (χ1) is 13.6. The molecule has 0 fully saturated rings. The van der Waals surface area contributed by atoms with Crippen molar-refractivity contribution in [3.8, 4) is 10.8 Å². The summed E-state index contributed by atoms with van der Waals surface area (Å²) in [5.74, 6) is -0.570. The summed E-state index contributed by atoms with van der Waals surface area (Å²) in [6.07, 6.45) is 1.90. The van der Waals surface area contributed by atoms with Crippen molar-refractivity contribution in [1.29, 1.82) is 0 Å². The second-order valence-corrected chi connectivity index (χ2v) is 7.14. The maximum Gasteiger partial charge on any atom is 0.306 e. The molecule has 0 saturated heterocycles. The van der Waals surface area contributed by atoms with Gasteiger partial charge in [0.15, 0.2) is 0 Å². The van der Waals surface area contributed by atoms with E-state index < -0.39 is 5.97 Å². The van der Waals surface area contributed by atoms with Crippen molar-refractivity contribution < 1.29 is 23.5 Å². The van der Waals surface area contributed by atoms with Gasteiger partial charge in [0.05, 0.1) is 16.0 Å². The highest BCUT2D eigenvalue weighted by atomic mass is 32.1. The van der Waals surface area contributed by atoms with E-state index in [1.807, 2.05) is 17.5 Å². The highest BCUT2D eigenvalue weighted by Crippen LogP contribution is 2.24. The third kappa shape index (κ3) is 3.59. The number of thiophene rings is 1. The third-order valence-electron chi connectivity index (χ3n) is 4.31. The van der Waals surface area contributed by atoms with E-state index in [-0.39, 0.29) is 31.4 Å². The van der Waals surface area contributed by atoms with Crippen LogP contribution >= 0.6 is 11.3 Å². The number of aromatic nitrogens is 1. The topological polar surface area (TPSA) is 89.7 Å². The quantitative estimate of drug-likeness (QED) is 0.448. The van der Waals surface area contributed by atoms with E-state index in [0.29, 0.717) is 29.1 Å². The number of imide groups is 1. The van der Waals surface area contributed by atoms with Crippen LogP contribution in [-0.4, -0.2) is 34.2 Å². The molecule has 0 atom stereocenters. The van der Waals surface area contributed by atoms with Gasteiger partial charge in [-0.15, -0.1) is 11.3 Å². The molecule has 1 aliphatic rings. The van der Waals surface area contributed by atoms with E-state index in [9.17, 15) is 14.4 Å². The van der Waals surface area contributed by atoms with E-state index in [0.717, 1.165) is 4.88 Å². The zero-order valence-electron chi connectivity index (χ0n) is 14.8. The molecule has 0 unspecified atom stereocenters. The number of esters is 1. The molecule has 0 spiro atoms. The van der Waals surface area contributed by atoms with E-state index >= 15 is 0 Å². The van der Waals surface area contributed by atoms with E-state index in [2.05, 4.69) is 4.98 Å². The average Bonchev–Trinajstić information content (AvgIpc) is 3.44. The lowest BCUT2D eigenvalue weighted by molar-refractivity contribution is -0.145. The van der Waals surface area contributed by atoms with Crippen molar-refractivity contribution >= 4 is 29.1 Å². The van der Waals surface area contributed by atoms with Crippen LogP contribution in [0.3, 0.4) is 0 Å². The Balaban J connectivity index is 1.24. The Labute approximate surface area is 164 Å². The maximum atomic E-state index is 12.3. The summed E-state index contributed by atoms with van der Waals surface area (Å²) in [6, 6.07) is 10.5. The van der Waals surface area contributed by atoms with Gasteiger partial charge in [0.1, 0.15) is 18.6 Å². The summed E-state index contributed by atoms with van der Waals surface area (Å²) in [7, 11) is 0. The van der Waals surface area contributed by atoms with Crippen LogP contribution in [-0.2, 0) is 16.1 Å². The SMILES string of the molecule is O=C(CCCN1C(=O)c2ccccc2C1=O)OCc1coc(-c2cccs2)n1. The van der Waals surface area contributed by atoms with Crippen LogP contribution in [0.5, 0.6) is 0 Å². The maximum absolute atomic E-state index is 12.3. The van der Waals surface area contributed by atoms with Crippen LogP contribution in [0.2, 0.25) is 0 Å². The molecule has 1 aromatic carbocycles. The van der Waals surface area contributed by atoms with Crippen molar-refractivity contribution in [3.63, 3.8) is 0 Å². The first-order valence-electron chi connectivity index (χ1n) is 8.72. The number of nitrogens with zero attached hydrogens (tertiary/aromatic N) is 2. The van der Waals surface area contributed by atoms with Gasteiger partial charge in [0, 0.05) is 13.0 Å². The Hall–Kier alpha value is -3.26. The molecule has 28 heavy (non-hydrogen) atoms. The van der Waals surface area contributed by atoms with E-state index in [1.165, 1.54) is 22.5 Å². The number of hydrogen-bond donors (Lipinski definition) is 0. The van der Waals surface area contributed by atoms with Crippen LogP contribution in [0.4, 0.5) is 0 Å². The van der Waals surface area contributed by atoms with Gasteiger partial charge in [0.25, 0.3) is 11.8 Å². The van der Waals surface area contributed by atoms with Gasteiger partial charge in [-0.1, -0.05) is 18.2 Å². The Bertz CT molecular complexity index is 990. The number of ether oxygens (including phenoxy) is 1. The molecule has 0 saturated carbocycles. The van der Waals surface area contributed by atoms with Gasteiger partial charge < -0.3 is 9.15 Å². The smallest absolute Gasteiger partial charge is 0.306 e. The fourth-order valence-corrected chi connectivity index (χ4v) is 3.59. The van der Waals surface area contributed by atoms with Crippen molar-refractivity contribution in [3.05, 3.63) is 64.9 Å². The van der Waals surface area contributed by atoms with Crippen LogP contribution in [0.25, 0.3) is 10.8 Å². The largest absolute Gasteiger partial charge is 0.459 e. The standard InChI is InChI=1S/C20H16N2O5S/c23-17(26-11-13-12-27-18(21-13)16-7-4-10-28-16)8-3-9-22-19(24)14-5-1-2-6-15(14)20(22)25/h1-2,4-7,10,12H,3,8-9,11H2. The summed E-state index contributed by atoms with van der Waals surface area (Å²) >= 11 is 1.51. The van der Waals surface area contributed by atoms with Crippen LogP contribution in [0.15, 0.2) is 52.5 Å². The number of carbonyl (C=O) groups is 3. The Morgan fingerprint density at radius 2 is 1.86 bits per heavy atom. The summed E-state index contributed by atoms with van der Waals surface area (Å²) in [5.41, 5.74) is 1.34. The van der Waals surface area contributed by atoms with Gasteiger partial charge >= 0.3 is 5.97 Å². The Morgan fingerprint density at radius 1 is 1.11 bits per heavy atom. The number of hydrogen-bond acceptors (Lipinski definition) is 7. The molecule has 0 radical (unpaired) electrons. The molecule has 0 aliphatic carbocycles. The fourth-order valence-electron chi connectivity index (χ4n) is 2.94. The van der Waals surface area contributed by atoms with Crippen molar-refractivity contribution in [2.24, 2.45) is 0 Å². The number of rotatable bonds is 7. The monoisotopic (exact) mass is 396 g/mol. The van der Waals surface area contributed by atoms with Crippen molar-refractivity contribution in [1.82, 2.24) is 9.88 Å². The van der Waals surface area contributed by atoms with Crippen molar-refractivity contribution in [2.75, 3.05) is 6.54 Å². The molecule has 0 bridgehead atoms. The molecule has 142 valence electrons. The second-order valence-electron chi connectivity index (χ2n) is 6.19. The van der Waals surface area contributed by atoms with Gasteiger partial charge in [-0.25, -0.2) is 4.98 Å². The molecule has 2 aromatic heterocycles. The summed E-state index contributed by atoms with van der Waals surface area (Å²) < 4.78 is 10.6. The summed E-state index contributed by atoms with van der Waals surface area (Å²) in [6.45, 7) is 0.189. The predicted molar refractivity (Wildman–Crippen MR) is 101 cm³/mol. The molecule has 3 heterocycles. The highest BCUT2D eigenvalue weighted by molar-refractivity contribution is 7.13. The molecule has 1 aliphatic heterocycles. The molecule has 4 rings (SSSR count). The average molecular weight is 396 g/mol. The first kappa shape index (κ1) is 18.1. The number of carbonyl (C=O) groups excluding carboxylic acids is 3. The lowest BCUT2D eigenvalue weighted by Gasteiger charge is -2.13. The number of amides is 2. The normalized spacial score (nSPS) is 13.1. The molecule has 8 heteroatoms. The van der Waals surface area contributed by atoms with Gasteiger partial charge in [-0.05, 0) is 30.0 Å². The Morgan fingerprint density at radius 3 is 2.54 bits per heavy atom. The molecular weight excluding hydrogens is 380 g/mol. The minimum atomic E-state index is -0.419. The van der Waals surface area contributed by atoms with Gasteiger partial charge in [-0.2, -0.15) is 0 Å². The van der Waals surface area contributed by atoms with Crippen LogP contribution in [0, 0.1) is 0 Å². The molecule has 7 nitrogen and oxygen atoms in total. The summed E-state index contributed by atoms with van der Waals surface area (Å²) in [5, 5.41) is 1.92. The molecule has 2 amide bonds. The van der Waals surface area contributed by atoms with Gasteiger partial charge in [-0.3, -0.25) is 19.3 Å². The first-order valence-corrected chi connectivity index (χ1v) is 9.60. The number of oxazole rings is 1.